The number of hydrogen-bond donors (Lipinski definition) is 2. The number of benzene rings is 1. The molecular weight excluding hydrogens is 328 g/mol. The quantitative estimate of drug-likeness (QED) is 0.562. The molecule has 2 aromatic rings. The van der Waals surface area contributed by atoms with Gasteiger partial charge in [0.15, 0.2) is 17.5 Å². The minimum absolute atomic E-state index is 0.0349. The van der Waals surface area contributed by atoms with Crippen LogP contribution in [0.2, 0.25) is 0 Å². The summed E-state index contributed by atoms with van der Waals surface area (Å²) in [5.41, 5.74) is 2.49. The van der Waals surface area contributed by atoms with Crippen LogP contribution in [0.4, 0.5) is 0 Å². The molecule has 0 bridgehead atoms. The summed E-state index contributed by atoms with van der Waals surface area (Å²) < 4.78 is 11.3. The number of ether oxygens (including phenoxy) is 2. The molecule has 26 heavy (non-hydrogen) atoms. The molecule has 0 aliphatic heterocycles. The highest BCUT2D eigenvalue weighted by Crippen LogP contribution is 2.26. The molecule has 1 heterocycles. The number of pyridine rings is 1. The van der Waals surface area contributed by atoms with E-state index in [9.17, 15) is 0 Å². The minimum Gasteiger partial charge on any atom is -0.493 e. The van der Waals surface area contributed by atoms with Crippen LogP contribution < -0.4 is 20.1 Å². The second-order valence-electron chi connectivity index (χ2n) is 6.01. The largest absolute Gasteiger partial charge is 0.493 e. The first-order valence-electron chi connectivity index (χ1n) is 8.77. The summed E-state index contributed by atoms with van der Waals surface area (Å²) in [4.78, 5) is 8.38. The van der Waals surface area contributed by atoms with Crippen LogP contribution in [-0.2, 0) is 6.42 Å². The van der Waals surface area contributed by atoms with Gasteiger partial charge in [-0.05, 0) is 49.6 Å². The number of guanidine groups is 1. The van der Waals surface area contributed by atoms with E-state index in [2.05, 4.69) is 33.6 Å². The number of hydrogen-bond acceptors (Lipinski definition) is 4. The zero-order valence-corrected chi connectivity index (χ0v) is 16.0. The van der Waals surface area contributed by atoms with E-state index in [1.165, 1.54) is 11.1 Å². The van der Waals surface area contributed by atoms with E-state index in [-0.39, 0.29) is 6.10 Å². The summed E-state index contributed by atoms with van der Waals surface area (Å²) in [5, 5.41) is 6.61. The van der Waals surface area contributed by atoms with Crippen molar-refractivity contribution in [3.8, 4) is 11.5 Å². The molecule has 140 valence electrons. The number of nitrogens with one attached hydrogen (secondary N) is 2. The number of aliphatic imine (C=N–C) groups is 1. The highest BCUT2D eigenvalue weighted by Gasteiger charge is 2.09. The summed E-state index contributed by atoms with van der Waals surface area (Å²) in [6.07, 6.45) is 4.60. The number of rotatable bonds is 8. The number of nitrogens with zero attached hydrogens (tertiary/aromatic N) is 2. The van der Waals surface area contributed by atoms with Gasteiger partial charge in [-0.25, -0.2) is 0 Å². The highest BCUT2D eigenvalue weighted by atomic mass is 16.5. The Kier molecular flexibility index (Phi) is 7.74. The Labute approximate surface area is 155 Å². The van der Waals surface area contributed by atoms with E-state index in [0.717, 1.165) is 30.4 Å². The van der Waals surface area contributed by atoms with Crippen molar-refractivity contribution in [2.75, 3.05) is 27.2 Å². The van der Waals surface area contributed by atoms with Crippen molar-refractivity contribution in [1.29, 1.82) is 0 Å². The van der Waals surface area contributed by atoms with Crippen molar-refractivity contribution in [3.05, 3.63) is 53.9 Å². The predicted octanol–water partition coefficient (Wildman–Crippen LogP) is 2.57. The third kappa shape index (κ3) is 5.95. The molecule has 1 aromatic carbocycles. The summed E-state index contributed by atoms with van der Waals surface area (Å²) in [6, 6.07) is 9.69. The standard InChI is InChI=1S/C20H28N4O2/c1-15-13-22-11-9-17(15)10-12-23-20(21-3)24-14-16(2)26-19-8-6-5-7-18(19)25-4/h5-9,11,13,16H,10,12,14H2,1-4H3,(H2,21,23,24). The zero-order chi connectivity index (χ0) is 18.8. The first-order chi connectivity index (χ1) is 12.6. The number of para-hydroxylation sites is 2. The van der Waals surface area contributed by atoms with Gasteiger partial charge in [0.2, 0.25) is 0 Å². The lowest BCUT2D eigenvalue weighted by molar-refractivity contribution is 0.213. The fraction of sp³-hybridized carbons (Fsp3) is 0.400. The number of aryl methyl sites for hydroxylation is 1. The molecule has 1 unspecified atom stereocenters. The van der Waals surface area contributed by atoms with Crippen molar-refractivity contribution >= 4 is 5.96 Å². The molecule has 0 fully saturated rings. The van der Waals surface area contributed by atoms with Crippen LogP contribution >= 0.6 is 0 Å². The Balaban J connectivity index is 1.76. The average Bonchev–Trinajstić information content (AvgIpc) is 2.66. The SMILES string of the molecule is CN=C(NCCc1ccncc1C)NCC(C)Oc1ccccc1OC. The van der Waals surface area contributed by atoms with Crippen LogP contribution in [0.25, 0.3) is 0 Å². The van der Waals surface area contributed by atoms with Crippen molar-refractivity contribution in [2.45, 2.75) is 26.4 Å². The van der Waals surface area contributed by atoms with Gasteiger partial charge < -0.3 is 20.1 Å². The van der Waals surface area contributed by atoms with E-state index < -0.39 is 0 Å². The molecule has 6 heteroatoms. The molecular formula is C20H28N4O2. The van der Waals surface area contributed by atoms with Gasteiger partial charge in [-0.15, -0.1) is 0 Å². The van der Waals surface area contributed by atoms with Crippen molar-refractivity contribution < 1.29 is 9.47 Å². The fourth-order valence-electron chi connectivity index (χ4n) is 2.53. The number of aromatic nitrogens is 1. The third-order valence-corrected chi connectivity index (χ3v) is 4.00. The third-order valence-electron chi connectivity index (χ3n) is 4.00. The maximum atomic E-state index is 5.94. The van der Waals surface area contributed by atoms with Crippen molar-refractivity contribution in [3.63, 3.8) is 0 Å². The molecule has 1 aromatic heterocycles. The molecule has 2 rings (SSSR count). The second kappa shape index (κ2) is 10.3. The molecule has 0 spiro atoms. The molecule has 6 nitrogen and oxygen atoms in total. The van der Waals surface area contributed by atoms with Gasteiger partial charge in [0, 0.05) is 26.0 Å². The summed E-state index contributed by atoms with van der Waals surface area (Å²) in [7, 11) is 3.40. The second-order valence-corrected chi connectivity index (χ2v) is 6.01. The van der Waals surface area contributed by atoms with Gasteiger partial charge in [-0.2, -0.15) is 0 Å². The van der Waals surface area contributed by atoms with Gasteiger partial charge in [-0.3, -0.25) is 9.98 Å². The maximum absolute atomic E-state index is 5.94. The Morgan fingerprint density at radius 3 is 2.65 bits per heavy atom. The van der Waals surface area contributed by atoms with Crippen LogP contribution in [0.3, 0.4) is 0 Å². The molecule has 0 radical (unpaired) electrons. The zero-order valence-electron chi connectivity index (χ0n) is 16.0. The lowest BCUT2D eigenvalue weighted by atomic mass is 10.1. The molecule has 0 aliphatic rings. The maximum Gasteiger partial charge on any atom is 0.191 e. The van der Waals surface area contributed by atoms with E-state index in [4.69, 9.17) is 9.47 Å². The summed E-state index contributed by atoms with van der Waals surface area (Å²) >= 11 is 0. The van der Waals surface area contributed by atoms with Crippen LogP contribution in [-0.4, -0.2) is 44.3 Å². The summed E-state index contributed by atoms with van der Waals surface area (Å²) in [6.45, 7) is 5.51. The number of methoxy groups -OCH3 is 1. The highest BCUT2D eigenvalue weighted by molar-refractivity contribution is 5.79. The molecule has 0 saturated carbocycles. The van der Waals surface area contributed by atoms with Gasteiger partial charge in [0.1, 0.15) is 6.10 Å². The first kappa shape index (κ1) is 19.6. The molecule has 1 atom stereocenters. The fourth-order valence-corrected chi connectivity index (χ4v) is 2.53. The van der Waals surface area contributed by atoms with E-state index >= 15 is 0 Å². The Morgan fingerprint density at radius 2 is 1.96 bits per heavy atom. The van der Waals surface area contributed by atoms with Gasteiger partial charge in [-0.1, -0.05) is 12.1 Å². The van der Waals surface area contributed by atoms with E-state index in [1.54, 1.807) is 14.2 Å². The smallest absolute Gasteiger partial charge is 0.191 e. The van der Waals surface area contributed by atoms with Crippen LogP contribution in [0.1, 0.15) is 18.1 Å². The average molecular weight is 356 g/mol. The lowest BCUT2D eigenvalue weighted by Gasteiger charge is -2.19. The first-order valence-corrected chi connectivity index (χ1v) is 8.77. The monoisotopic (exact) mass is 356 g/mol. The Morgan fingerprint density at radius 1 is 1.19 bits per heavy atom. The summed E-state index contributed by atoms with van der Waals surface area (Å²) in [5.74, 6) is 2.22. The van der Waals surface area contributed by atoms with Crippen LogP contribution in [0.15, 0.2) is 47.7 Å². The Bertz CT molecular complexity index is 718. The van der Waals surface area contributed by atoms with Crippen LogP contribution in [0, 0.1) is 6.92 Å². The van der Waals surface area contributed by atoms with Gasteiger partial charge >= 0.3 is 0 Å². The van der Waals surface area contributed by atoms with E-state index in [0.29, 0.717) is 6.54 Å². The van der Waals surface area contributed by atoms with Gasteiger partial charge in [0.05, 0.1) is 13.7 Å². The molecule has 0 amide bonds. The van der Waals surface area contributed by atoms with Crippen LogP contribution in [0.5, 0.6) is 11.5 Å². The predicted molar refractivity (Wildman–Crippen MR) is 105 cm³/mol. The van der Waals surface area contributed by atoms with Crippen molar-refractivity contribution in [1.82, 2.24) is 15.6 Å². The minimum atomic E-state index is -0.0349. The Hall–Kier alpha value is -2.76. The van der Waals surface area contributed by atoms with E-state index in [1.807, 2.05) is 43.6 Å². The normalized spacial score (nSPS) is 12.4. The lowest BCUT2D eigenvalue weighted by Crippen LogP contribution is -2.42. The molecule has 0 aliphatic carbocycles. The molecule has 2 N–H and O–H groups in total. The van der Waals surface area contributed by atoms with Gasteiger partial charge in [0.25, 0.3) is 0 Å². The van der Waals surface area contributed by atoms with Crippen molar-refractivity contribution in [2.24, 2.45) is 4.99 Å². The topological polar surface area (TPSA) is 67.8 Å². The molecule has 0 saturated heterocycles.